The number of halogens is 3. The van der Waals surface area contributed by atoms with Crippen LogP contribution in [0.1, 0.15) is 18.4 Å². The lowest BCUT2D eigenvalue weighted by atomic mass is 10.0. The van der Waals surface area contributed by atoms with Gasteiger partial charge in [-0.1, -0.05) is 42.5 Å². The number of alkyl halides is 3. The number of carbonyl (C=O) groups is 1. The highest BCUT2D eigenvalue weighted by atomic mass is 32.2. The van der Waals surface area contributed by atoms with Crippen LogP contribution >= 0.6 is 0 Å². The minimum atomic E-state index is -6.09. The Balaban J connectivity index is 0.000000279. The molecule has 1 heterocycles. The van der Waals surface area contributed by atoms with Gasteiger partial charge in [-0.3, -0.25) is 4.79 Å². The van der Waals surface area contributed by atoms with Crippen LogP contribution in [-0.4, -0.2) is 41.5 Å². The molecule has 3 rings (SSSR count). The maximum absolute atomic E-state index is 12.2. The molecular weight excluding hydrogens is 401 g/mol. The third-order valence-corrected chi connectivity index (χ3v) is 7.06. The SMILES string of the molecule is O=C(Cc1cccc2ccccc12)C[S+]1CCCC1.O=S(=O)([O-])C(F)(F)F. The summed E-state index contributed by atoms with van der Waals surface area (Å²) in [7, 11) is -5.70. The van der Waals surface area contributed by atoms with Crippen molar-refractivity contribution in [1.29, 1.82) is 0 Å². The largest absolute Gasteiger partial charge is 0.741 e. The molecule has 148 valence electrons. The van der Waals surface area contributed by atoms with Crippen molar-refractivity contribution in [2.24, 2.45) is 0 Å². The van der Waals surface area contributed by atoms with Crippen LogP contribution in [0.2, 0.25) is 0 Å². The van der Waals surface area contributed by atoms with Gasteiger partial charge in [-0.05, 0) is 40.1 Å². The van der Waals surface area contributed by atoms with E-state index in [1.165, 1.54) is 40.7 Å². The van der Waals surface area contributed by atoms with Crippen LogP contribution in [-0.2, 0) is 32.2 Å². The quantitative estimate of drug-likeness (QED) is 0.432. The third kappa shape index (κ3) is 6.51. The van der Waals surface area contributed by atoms with Gasteiger partial charge in [0.15, 0.2) is 21.7 Å². The van der Waals surface area contributed by atoms with E-state index in [9.17, 15) is 18.0 Å². The molecule has 1 aliphatic heterocycles. The molecule has 4 nitrogen and oxygen atoms in total. The molecule has 0 radical (unpaired) electrons. The van der Waals surface area contributed by atoms with Gasteiger partial charge >= 0.3 is 5.51 Å². The van der Waals surface area contributed by atoms with E-state index in [1.807, 2.05) is 6.07 Å². The van der Waals surface area contributed by atoms with Gasteiger partial charge in [0.1, 0.15) is 11.5 Å². The van der Waals surface area contributed by atoms with Crippen LogP contribution < -0.4 is 0 Å². The zero-order chi connectivity index (χ0) is 20.1. The Hall–Kier alpha value is -1.58. The minimum Gasteiger partial charge on any atom is -0.741 e. The highest BCUT2D eigenvalue weighted by molar-refractivity contribution is 7.97. The van der Waals surface area contributed by atoms with Crippen LogP contribution in [0.4, 0.5) is 13.2 Å². The predicted octanol–water partition coefficient (Wildman–Crippen LogP) is 3.41. The molecule has 1 aliphatic rings. The van der Waals surface area contributed by atoms with E-state index in [-0.39, 0.29) is 0 Å². The Labute approximate surface area is 158 Å². The number of rotatable bonds is 4. The van der Waals surface area contributed by atoms with Crippen molar-refractivity contribution in [3.63, 3.8) is 0 Å². The summed E-state index contributed by atoms with van der Waals surface area (Å²) in [6, 6.07) is 14.6. The molecule has 2 aromatic rings. The molecule has 0 aliphatic carbocycles. The molecule has 0 unspecified atom stereocenters. The van der Waals surface area contributed by atoms with E-state index >= 15 is 0 Å². The number of fused-ring (bicyclic) bond motifs is 1. The van der Waals surface area contributed by atoms with Gasteiger partial charge in [0, 0.05) is 6.42 Å². The molecule has 1 fully saturated rings. The summed E-state index contributed by atoms with van der Waals surface area (Å²) in [6.45, 7) is 0. The fourth-order valence-electron chi connectivity index (χ4n) is 2.80. The van der Waals surface area contributed by atoms with Crippen LogP contribution in [0.3, 0.4) is 0 Å². The van der Waals surface area contributed by atoms with Crippen LogP contribution in [0, 0.1) is 0 Å². The van der Waals surface area contributed by atoms with Gasteiger partial charge in [0.05, 0.1) is 0 Å². The molecule has 0 saturated carbocycles. The average Bonchev–Trinajstić information content (AvgIpc) is 3.07. The molecule has 1 saturated heterocycles. The van der Waals surface area contributed by atoms with E-state index in [1.54, 1.807) is 0 Å². The maximum atomic E-state index is 12.2. The van der Waals surface area contributed by atoms with Gasteiger partial charge in [-0.25, -0.2) is 8.42 Å². The van der Waals surface area contributed by atoms with E-state index in [0.717, 1.165) is 5.75 Å². The van der Waals surface area contributed by atoms with E-state index in [4.69, 9.17) is 13.0 Å². The molecule has 0 atom stereocenters. The minimum absolute atomic E-state index is 0.386. The highest BCUT2D eigenvalue weighted by Crippen LogP contribution is 2.21. The van der Waals surface area contributed by atoms with Crippen molar-refractivity contribution in [3.8, 4) is 0 Å². The standard InChI is InChI=1S/C17H19OS.CHF3O3S/c18-16(13-19-10-3-4-11-19)12-15-8-5-7-14-6-1-2-9-17(14)15;2-1(3,4)8(5,6)7/h1-2,5-9H,3-4,10-13H2;(H,5,6,7)/q+1;/p-1. The smallest absolute Gasteiger partial charge is 0.485 e. The second-order valence-corrected chi connectivity index (χ2v) is 9.83. The number of benzene rings is 2. The molecular formula is C18H19F3O4S2. The monoisotopic (exact) mass is 420 g/mol. The van der Waals surface area contributed by atoms with Crippen molar-refractivity contribution in [2.45, 2.75) is 24.8 Å². The predicted molar refractivity (Wildman–Crippen MR) is 99.6 cm³/mol. The first-order valence-corrected chi connectivity index (χ1v) is 11.4. The van der Waals surface area contributed by atoms with Crippen LogP contribution in [0.25, 0.3) is 10.8 Å². The molecule has 2 aromatic carbocycles. The Morgan fingerprint density at radius 1 is 1.04 bits per heavy atom. The summed E-state index contributed by atoms with van der Waals surface area (Å²) in [6.07, 6.45) is 3.25. The first kappa shape index (κ1) is 21.7. The van der Waals surface area contributed by atoms with Crippen LogP contribution in [0.5, 0.6) is 0 Å². The molecule has 9 heteroatoms. The summed E-state index contributed by atoms with van der Waals surface area (Å²) in [5.74, 6) is 3.78. The summed E-state index contributed by atoms with van der Waals surface area (Å²) in [4.78, 5) is 12.2. The Bertz CT molecular complexity index is 884. The number of hydrogen-bond donors (Lipinski definition) is 0. The van der Waals surface area contributed by atoms with Crippen molar-refractivity contribution in [3.05, 3.63) is 48.0 Å². The number of carbonyl (C=O) groups excluding carboxylic acids is 1. The van der Waals surface area contributed by atoms with Crippen LogP contribution in [0.15, 0.2) is 42.5 Å². The van der Waals surface area contributed by atoms with Crippen molar-refractivity contribution in [2.75, 3.05) is 17.3 Å². The normalized spacial score (nSPS) is 15.4. The summed E-state index contributed by atoms with van der Waals surface area (Å²) in [5, 5.41) is 2.46. The number of Topliss-reactive ketones (excluding diaryl/α,β-unsaturated/α-hetero) is 1. The van der Waals surface area contributed by atoms with E-state index in [0.29, 0.717) is 23.1 Å². The van der Waals surface area contributed by atoms with Crippen molar-refractivity contribution in [1.82, 2.24) is 0 Å². The Kier molecular flexibility index (Phi) is 7.30. The van der Waals surface area contributed by atoms with E-state index in [2.05, 4.69) is 36.4 Å². The average molecular weight is 420 g/mol. The molecule has 0 spiro atoms. The topological polar surface area (TPSA) is 74.3 Å². The maximum Gasteiger partial charge on any atom is 0.485 e. The van der Waals surface area contributed by atoms with Gasteiger partial charge in [-0.2, -0.15) is 13.2 Å². The summed E-state index contributed by atoms with van der Waals surface area (Å²) < 4.78 is 58.9. The second kappa shape index (κ2) is 9.07. The summed E-state index contributed by atoms with van der Waals surface area (Å²) >= 11 is 0. The third-order valence-electron chi connectivity index (χ3n) is 4.03. The Morgan fingerprint density at radius 3 is 2.19 bits per heavy atom. The molecule has 0 amide bonds. The van der Waals surface area contributed by atoms with Crippen molar-refractivity contribution < 1.29 is 30.9 Å². The molecule has 27 heavy (non-hydrogen) atoms. The second-order valence-electron chi connectivity index (χ2n) is 6.13. The fraction of sp³-hybridized carbons (Fsp3) is 0.389. The van der Waals surface area contributed by atoms with Gasteiger partial charge in [0.25, 0.3) is 0 Å². The zero-order valence-electron chi connectivity index (χ0n) is 14.4. The lowest BCUT2D eigenvalue weighted by Crippen LogP contribution is -2.21. The fourth-order valence-corrected chi connectivity index (χ4v) is 5.07. The van der Waals surface area contributed by atoms with E-state index < -0.39 is 15.6 Å². The van der Waals surface area contributed by atoms with Gasteiger partial charge in [-0.15, -0.1) is 0 Å². The first-order chi connectivity index (χ1) is 12.6. The lowest BCUT2D eigenvalue weighted by Gasteiger charge is -2.08. The highest BCUT2D eigenvalue weighted by Gasteiger charge is 2.36. The number of ketones is 1. The zero-order valence-corrected chi connectivity index (χ0v) is 16.0. The van der Waals surface area contributed by atoms with Gasteiger partial charge < -0.3 is 4.55 Å². The van der Waals surface area contributed by atoms with Crippen molar-refractivity contribution >= 4 is 37.6 Å². The Morgan fingerprint density at radius 2 is 1.59 bits per heavy atom. The number of hydrogen-bond acceptors (Lipinski definition) is 4. The molecule has 0 aromatic heterocycles. The van der Waals surface area contributed by atoms with Gasteiger partial charge in [0.2, 0.25) is 0 Å². The molecule has 0 N–H and O–H groups in total. The summed E-state index contributed by atoms with van der Waals surface area (Å²) in [5.41, 5.74) is -4.46. The first-order valence-electron chi connectivity index (χ1n) is 8.22. The molecule has 0 bridgehead atoms. The lowest BCUT2D eigenvalue weighted by molar-refractivity contribution is -0.116.